The predicted molar refractivity (Wildman–Crippen MR) is 114 cm³/mol. The van der Waals surface area contributed by atoms with Crippen LogP contribution in [0.1, 0.15) is 11.1 Å². The van der Waals surface area contributed by atoms with E-state index >= 15 is 0 Å². The molecule has 0 saturated carbocycles. The van der Waals surface area contributed by atoms with E-state index in [2.05, 4.69) is 52.3 Å². The Morgan fingerprint density at radius 3 is 2.27 bits per heavy atom. The van der Waals surface area contributed by atoms with Gasteiger partial charge >= 0.3 is 0 Å². The Labute approximate surface area is 167 Å². The average Bonchev–Trinajstić information content (AvgIpc) is 2.68. The van der Waals surface area contributed by atoms with Crippen LogP contribution in [0.2, 0.25) is 0 Å². The third-order valence-electron chi connectivity index (χ3n) is 3.96. The van der Waals surface area contributed by atoms with Crippen LogP contribution in [0.4, 0.5) is 0 Å². The van der Waals surface area contributed by atoms with Crippen LogP contribution in [0.3, 0.4) is 0 Å². The molecule has 0 aromatic heterocycles. The molecule has 3 aromatic rings. The number of hydrogen-bond acceptors (Lipinski definition) is 3. The van der Waals surface area contributed by atoms with Gasteiger partial charge in [-0.25, -0.2) is 0 Å². The highest BCUT2D eigenvalue weighted by Gasteiger charge is 2.07. The number of ether oxygens (including phenoxy) is 1. The summed E-state index contributed by atoms with van der Waals surface area (Å²) in [5, 5.41) is 0. The predicted octanol–water partition coefficient (Wildman–Crippen LogP) is 5.69. The minimum atomic E-state index is 0.114. The van der Waals surface area contributed by atoms with E-state index in [9.17, 15) is 0 Å². The molecule has 0 aliphatic rings. The number of benzene rings is 3. The summed E-state index contributed by atoms with van der Waals surface area (Å²) in [5.74, 6) is 1.77. The molecule has 134 valence electrons. The standard InChI is InChI=1S/C22H22BrNOS/c23-21-8-4-5-9-22(21)26-16-19(24)14-17-10-12-20(13-11-17)25-15-18-6-2-1-3-7-18/h1-13,19H,14-16,24H2/t19-/m0/s1. The van der Waals surface area contributed by atoms with Crippen molar-refractivity contribution >= 4 is 27.7 Å². The first-order chi connectivity index (χ1) is 12.7. The summed E-state index contributed by atoms with van der Waals surface area (Å²) >= 11 is 5.36. The van der Waals surface area contributed by atoms with Crippen LogP contribution >= 0.6 is 27.7 Å². The SMILES string of the molecule is N[C@H](CSc1ccccc1Br)Cc1ccc(OCc2ccccc2)cc1. The van der Waals surface area contributed by atoms with Crippen molar-refractivity contribution in [1.82, 2.24) is 0 Å². The van der Waals surface area contributed by atoms with Crippen molar-refractivity contribution in [3.05, 3.63) is 94.5 Å². The molecule has 0 spiro atoms. The lowest BCUT2D eigenvalue weighted by molar-refractivity contribution is 0.306. The normalized spacial score (nSPS) is 11.9. The second kappa shape index (κ2) is 9.81. The number of hydrogen-bond donors (Lipinski definition) is 1. The molecular weight excluding hydrogens is 406 g/mol. The van der Waals surface area contributed by atoms with Gasteiger partial charge in [-0.05, 0) is 57.7 Å². The first kappa shape index (κ1) is 19.0. The van der Waals surface area contributed by atoms with E-state index in [1.807, 2.05) is 42.5 Å². The van der Waals surface area contributed by atoms with E-state index < -0.39 is 0 Å². The van der Waals surface area contributed by atoms with Gasteiger partial charge in [-0.15, -0.1) is 11.8 Å². The first-order valence-electron chi connectivity index (χ1n) is 8.59. The van der Waals surface area contributed by atoms with E-state index in [1.54, 1.807) is 11.8 Å². The lowest BCUT2D eigenvalue weighted by atomic mass is 10.1. The van der Waals surface area contributed by atoms with Crippen LogP contribution in [0.25, 0.3) is 0 Å². The Kier molecular flexibility index (Phi) is 7.18. The van der Waals surface area contributed by atoms with E-state index in [0.717, 1.165) is 22.4 Å². The highest BCUT2D eigenvalue weighted by Crippen LogP contribution is 2.27. The molecule has 0 saturated heterocycles. The maximum absolute atomic E-state index is 6.31. The summed E-state index contributed by atoms with van der Waals surface area (Å²) in [6.07, 6.45) is 0.858. The van der Waals surface area contributed by atoms with Crippen molar-refractivity contribution in [1.29, 1.82) is 0 Å². The molecule has 2 N–H and O–H groups in total. The van der Waals surface area contributed by atoms with E-state index in [1.165, 1.54) is 16.0 Å². The van der Waals surface area contributed by atoms with E-state index in [0.29, 0.717) is 6.61 Å². The Morgan fingerprint density at radius 1 is 0.846 bits per heavy atom. The van der Waals surface area contributed by atoms with E-state index in [4.69, 9.17) is 10.5 Å². The molecule has 0 aliphatic carbocycles. The summed E-state index contributed by atoms with van der Waals surface area (Å²) in [7, 11) is 0. The third-order valence-corrected chi connectivity index (χ3v) is 6.17. The van der Waals surface area contributed by atoms with Crippen molar-refractivity contribution in [3.8, 4) is 5.75 Å². The zero-order valence-corrected chi connectivity index (χ0v) is 16.9. The zero-order valence-electron chi connectivity index (χ0n) is 14.5. The minimum absolute atomic E-state index is 0.114. The van der Waals surface area contributed by atoms with Crippen LogP contribution in [0, 0.1) is 0 Å². The van der Waals surface area contributed by atoms with E-state index in [-0.39, 0.29) is 6.04 Å². The van der Waals surface area contributed by atoms with Crippen molar-refractivity contribution in [2.24, 2.45) is 5.73 Å². The molecule has 0 bridgehead atoms. The first-order valence-corrected chi connectivity index (χ1v) is 10.4. The topological polar surface area (TPSA) is 35.2 Å². The van der Waals surface area contributed by atoms with Crippen molar-refractivity contribution in [2.45, 2.75) is 24.0 Å². The van der Waals surface area contributed by atoms with Crippen molar-refractivity contribution in [2.75, 3.05) is 5.75 Å². The molecule has 0 amide bonds. The summed E-state index contributed by atoms with van der Waals surface area (Å²) in [5.41, 5.74) is 8.71. The quantitative estimate of drug-likeness (QED) is 0.468. The average molecular weight is 428 g/mol. The number of nitrogens with two attached hydrogens (primary N) is 1. The van der Waals surface area contributed by atoms with Gasteiger partial charge in [0.25, 0.3) is 0 Å². The molecule has 3 aromatic carbocycles. The molecule has 0 unspecified atom stereocenters. The lowest BCUT2D eigenvalue weighted by Crippen LogP contribution is -2.25. The Hall–Kier alpha value is -1.75. The Morgan fingerprint density at radius 2 is 1.54 bits per heavy atom. The van der Waals surface area contributed by atoms with Gasteiger partial charge in [0.1, 0.15) is 12.4 Å². The minimum Gasteiger partial charge on any atom is -0.489 e. The molecule has 0 heterocycles. The smallest absolute Gasteiger partial charge is 0.119 e. The molecule has 0 fully saturated rings. The Bertz CT molecular complexity index is 808. The fourth-order valence-electron chi connectivity index (χ4n) is 2.58. The number of halogens is 1. The number of thioether (sulfide) groups is 1. The summed E-state index contributed by atoms with van der Waals surface area (Å²) in [4.78, 5) is 1.23. The number of rotatable bonds is 8. The third kappa shape index (κ3) is 5.90. The Balaban J connectivity index is 1.46. The molecule has 0 aliphatic heterocycles. The van der Waals surface area contributed by atoms with Gasteiger partial charge in [0.15, 0.2) is 0 Å². The van der Waals surface area contributed by atoms with Crippen molar-refractivity contribution in [3.63, 3.8) is 0 Å². The molecule has 26 heavy (non-hydrogen) atoms. The van der Waals surface area contributed by atoms with Crippen LogP contribution < -0.4 is 10.5 Å². The molecular formula is C22H22BrNOS. The summed E-state index contributed by atoms with van der Waals surface area (Å²) < 4.78 is 6.95. The van der Waals surface area contributed by atoms with Gasteiger partial charge in [-0.3, -0.25) is 0 Å². The highest BCUT2D eigenvalue weighted by atomic mass is 79.9. The fraction of sp³-hybridized carbons (Fsp3) is 0.182. The summed E-state index contributed by atoms with van der Waals surface area (Å²) in [6.45, 7) is 0.586. The van der Waals surface area contributed by atoms with Gasteiger partial charge in [0.2, 0.25) is 0 Å². The largest absolute Gasteiger partial charge is 0.489 e. The van der Waals surface area contributed by atoms with Gasteiger partial charge < -0.3 is 10.5 Å². The maximum atomic E-state index is 6.31. The van der Waals surface area contributed by atoms with Crippen LogP contribution in [0.15, 0.2) is 88.2 Å². The van der Waals surface area contributed by atoms with Crippen molar-refractivity contribution < 1.29 is 4.74 Å². The summed E-state index contributed by atoms with van der Waals surface area (Å²) in [6, 6.07) is 26.8. The van der Waals surface area contributed by atoms with Crippen LogP contribution in [-0.2, 0) is 13.0 Å². The van der Waals surface area contributed by atoms with Crippen LogP contribution in [-0.4, -0.2) is 11.8 Å². The molecule has 2 nitrogen and oxygen atoms in total. The molecule has 1 atom stereocenters. The fourth-order valence-corrected chi connectivity index (χ4v) is 4.10. The second-order valence-corrected chi connectivity index (χ2v) is 8.04. The highest BCUT2D eigenvalue weighted by molar-refractivity contribution is 9.10. The maximum Gasteiger partial charge on any atom is 0.119 e. The lowest BCUT2D eigenvalue weighted by Gasteiger charge is -2.13. The van der Waals surface area contributed by atoms with Crippen LogP contribution in [0.5, 0.6) is 5.75 Å². The second-order valence-electron chi connectivity index (χ2n) is 6.12. The zero-order chi connectivity index (χ0) is 18.2. The monoisotopic (exact) mass is 427 g/mol. The van der Waals surface area contributed by atoms with Gasteiger partial charge in [0.05, 0.1) is 0 Å². The molecule has 3 rings (SSSR count). The van der Waals surface area contributed by atoms with Gasteiger partial charge in [-0.1, -0.05) is 54.6 Å². The molecule has 0 radical (unpaired) electrons. The van der Waals surface area contributed by atoms with Gasteiger partial charge in [0, 0.05) is 21.2 Å². The van der Waals surface area contributed by atoms with Gasteiger partial charge in [-0.2, -0.15) is 0 Å². The molecule has 4 heteroatoms.